The number of likely N-dealkylation sites (tertiary alicyclic amines) is 1. The van der Waals surface area contributed by atoms with Crippen LogP contribution in [-0.4, -0.2) is 41.2 Å². The van der Waals surface area contributed by atoms with Crippen LogP contribution in [0.2, 0.25) is 5.02 Å². The third-order valence-electron chi connectivity index (χ3n) is 6.47. The van der Waals surface area contributed by atoms with E-state index in [1.165, 1.54) is 0 Å². The fraction of sp³-hybridized carbons (Fsp3) is 0.478. The van der Waals surface area contributed by atoms with Gasteiger partial charge in [-0.15, -0.1) is 0 Å². The minimum absolute atomic E-state index is 0.0620. The Balaban J connectivity index is 1.43. The maximum atomic E-state index is 13.1. The summed E-state index contributed by atoms with van der Waals surface area (Å²) in [7, 11) is 0. The number of amides is 3. The SMILES string of the molecule is Cc1ccc(Cl)cc1NC(=O)COC(=O)[C@H](C(C)C)N1C(=O)[C@@H]2[C@@H](C1=O)[C@H]1C=C[C@H]2C1. The van der Waals surface area contributed by atoms with E-state index in [-0.39, 0.29) is 41.4 Å². The zero-order valence-corrected chi connectivity index (χ0v) is 18.4. The molecular formula is C23H25ClN2O5. The van der Waals surface area contributed by atoms with Gasteiger partial charge < -0.3 is 10.1 Å². The summed E-state index contributed by atoms with van der Waals surface area (Å²) in [5, 5.41) is 3.13. The normalized spacial score (nSPS) is 27.1. The molecule has 0 unspecified atom stereocenters. The van der Waals surface area contributed by atoms with Crippen LogP contribution in [0.1, 0.15) is 25.8 Å². The van der Waals surface area contributed by atoms with Crippen molar-refractivity contribution in [2.45, 2.75) is 33.2 Å². The lowest BCUT2D eigenvalue weighted by Crippen LogP contribution is -2.50. The van der Waals surface area contributed by atoms with E-state index in [4.69, 9.17) is 16.3 Å². The van der Waals surface area contributed by atoms with Crippen molar-refractivity contribution in [3.63, 3.8) is 0 Å². The van der Waals surface area contributed by atoms with E-state index in [2.05, 4.69) is 5.32 Å². The van der Waals surface area contributed by atoms with Crippen molar-refractivity contribution in [2.24, 2.45) is 29.6 Å². The van der Waals surface area contributed by atoms with Crippen molar-refractivity contribution in [1.82, 2.24) is 4.90 Å². The number of nitrogens with zero attached hydrogens (tertiary/aromatic N) is 1. The molecule has 164 valence electrons. The van der Waals surface area contributed by atoms with Gasteiger partial charge in [-0.05, 0) is 48.8 Å². The average molecular weight is 445 g/mol. The van der Waals surface area contributed by atoms with E-state index in [9.17, 15) is 19.2 Å². The summed E-state index contributed by atoms with van der Waals surface area (Å²) in [6, 6.07) is 4.03. The Morgan fingerprint density at radius 3 is 2.35 bits per heavy atom. The van der Waals surface area contributed by atoms with Crippen LogP contribution < -0.4 is 5.32 Å². The quantitative estimate of drug-likeness (QED) is 0.413. The van der Waals surface area contributed by atoms with Crippen molar-refractivity contribution in [3.05, 3.63) is 40.9 Å². The summed E-state index contributed by atoms with van der Waals surface area (Å²) in [5.74, 6) is -2.88. The van der Waals surface area contributed by atoms with Gasteiger partial charge in [0.1, 0.15) is 6.04 Å². The molecule has 4 rings (SSSR count). The summed E-state index contributed by atoms with van der Waals surface area (Å²) in [5.41, 5.74) is 1.34. The molecule has 3 amide bonds. The number of rotatable bonds is 6. The predicted octanol–water partition coefficient (Wildman–Crippen LogP) is 2.96. The van der Waals surface area contributed by atoms with Gasteiger partial charge in [0.2, 0.25) is 11.8 Å². The fourth-order valence-corrected chi connectivity index (χ4v) is 5.18. The fourth-order valence-electron chi connectivity index (χ4n) is 5.01. The first kappa shape index (κ1) is 21.6. The minimum Gasteiger partial charge on any atom is -0.454 e. The standard InChI is InChI=1S/C23H25ClN2O5/c1-11(2)20(26-21(28)18-13-5-6-14(8-13)19(18)22(26)29)23(30)31-10-17(27)25-16-9-15(24)7-4-12(16)3/h4-7,9,11,13-14,18-20H,8,10H2,1-3H3,(H,25,27)/t13-,14-,18-,19-,20-/m0/s1. The van der Waals surface area contributed by atoms with Gasteiger partial charge in [0, 0.05) is 10.7 Å². The third kappa shape index (κ3) is 3.76. The lowest BCUT2D eigenvalue weighted by atomic mass is 9.85. The molecule has 0 spiro atoms. The van der Waals surface area contributed by atoms with Crippen molar-refractivity contribution in [1.29, 1.82) is 0 Å². The molecule has 1 saturated heterocycles. The van der Waals surface area contributed by atoms with Crippen LogP contribution in [0, 0.1) is 36.5 Å². The Kier molecular flexibility index (Phi) is 5.64. The smallest absolute Gasteiger partial charge is 0.330 e. The highest BCUT2D eigenvalue weighted by molar-refractivity contribution is 6.31. The van der Waals surface area contributed by atoms with Crippen molar-refractivity contribution >= 4 is 41.0 Å². The molecule has 1 aromatic carbocycles. The molecular weight excluding hydrogens is 420 g/mol. The molecule has 3 aliphatic rings. The lowest BCUT2D eigenvalue weighted by Gasteiger charge is -2.28. The van der Waals surface area contributed by atoms with Crippen LogP contribution in [0.15, 0.2) is 30.4 Å². The number of anilines is 1. The van der Waals surface area contributed by atoms with Gasteiger partial charge in [0.15, 0.2) is 6.61 Å². The number of allylic oxidation sites excluding steroid dienone is 2. The Bertz CT molecular complexity index is 958. The van der Waals surface area contributed by atoms with E-state index >= 15 is 0 Å². The molecule has 0 aromatic heterocycles. The second kappa shape index (κ2) is 8.11. The number of fused-ring (bicyclic) bond motifs is 5. The molecule has 5 atom stereocenters. The van der Waals surface area contributed by atoms with Gasteiger partial charge in [-0.25, -0.2) is 4.79 Å². The largest absolute Gasteiger partial charge is 0.454 e. The maximum absolute atomic E-state index is 13.1. The van der Waals surface area contributed by atoms with Gasteiger partial charge in [-0.2, -0.15) is 0 Å². The molecule has 1 heterocycles. The van der Waals surface area contributed by atoms with E-state index in [0.717, 1.165) is 16.9 Å². The molecule has 1 aromatic rings. The highest BCUT2D eigenvalue weighted by Crippen LogP contribution is 2.53. The average Bonchev–Trinajstić information content (AvgIpc) is 3.39. The zero-order valence-electron chi connectivity index (χ0n) is 17.6. The van der Waals surface area contributed by atoms with Gasteiger partial charge in [0.25, 0.3) is 5.91 Å². The first-order valence-corrected chi connectivity index (χ1v) is 10.8. The highest BCUT2D eigenvalue weighted by Gasteiger charge is 2.61. The lowest BCUT2D eigenvalue weighted by molar-refractivity contribution is -0.162. The maximum Gasteiger partial charge on any atom is 0.330 e. The predicted molar refractivity (Wildman–Crippen MR) is 114 cm³/mol. The minimum atomic E-state index is -1.05. The van der Waals surface area contributed by atoms with E-state index in [1.807, 2.05) is 19.1 Å². The number of hydrogen-bond donors (Lipinski definition) is 1. The molecule has 2 aliphatic carbocycles. The van der Waals surface area contributed by atoms with Gasteiger partial charge in [0.05, 0.1) is 11.8 Å². The number of aryl methyl sites for hydroxylation is 1. The molecule has 2 fully saturated rings. The number of imide groups is 1. The van der Waals surface area contributed by atoms with E-state index < -0.39 is 24.5 Å². The van der Waals surface area contributed by atoms with Crippen LogP contribution >= 0.6 is 11.6 Å². The number of nitrogens with one attached hydrogen (secondary N) is 1. The van der Waals surface area contributed by atoms with Crippen molar-refractivity contribution < 1.29 is 23.9 Å². The molecule has 1 aliphatic heterocycles. The molecule has 1 N–H and O–H groups in total. The monoisotopic (exact) mass is 444 g/mol. The first-order chi connectivity index (χ1) is 14.7. The summed E-state index contributed by atoms with van der Waals surface area (Å²) in [4.78, 5) is 52.4. The van der Waals surface area contributed by atoms with E-state index in [0.29, 0.717) is 10.7 Å². The van der Waals surface area contributed by atoms with Crippen LogP contribution in [-0.2, 0) is 23.9 Å². The second-order valence-corrected chi connectivity index (χ2v) is 9.29. The number of benzene rings is 1. The topological polar surface area (TPSA) is 92.8 Å². The number of halogens is 1. The molecule has 8 heteroatoms. The third-order valence-corrected chi connectivity index (χ3v) is 6.71. The van der Waals surface area contributed by atoms with Crippen LogP contribution in [0.3, 0.4) is 0 Å². The first-order valence-electron chi connectivity index (χ1n) is 10.5. The Hall–Kier alpha value is -2.67. The molecule has 7 nitrogen and oxygen atoms in total. The van der Waals surface area contributed by atoms with Gasteiger partial charge >= 0.3 is 5.97 Å². The number of esters is 1. The van der Waals surface area contributed by atoms with Gasteiger partial charge in [-0.3, -0.25) is 19.3 Å². The zero-order chi connectivity index (χ0) is 22.4. The van der Waals surface area contributed by atoms with Crippen molar-refractivity contribution in [3.8, 4) is 0 Å². The summed E-state index contributed by atoms with van der Waals surface area (Å²) in [6.45, 7) is 4.80. The molecule has 0 radical (unpaired) electrons. The molecule has 31 heavy (non-hydrogen) atoms. The van der Waals surface area contributed by atoms with E-state index in [1.54, 1.807) is 32.0 Å². The number of hydrogen-bond acceptors (Lipinski definition) is 5. The number of carbonyl (C=O) groups is 4. The Morgan fingerprint density at radius 1 is 1.16 bits per heavy atom. The van der Waals surface area contributed by atoms with Crippen LogP contribution in [0.5, 0.6) is 0 Å². The molecule has 2 bridgehead atoms. The van der Waals surface area contributed by atoms with Crippen molar-refractivity contribution in [2.75, 3.05) is 11.9 Å². The molecule has 1 saturated carbocycles. The second-order valence-electron chi connectivity index (χ2n) is 8.85. The summed E-state index contributed by atoms with van der Waals surface area (Å²) in [6.07, 6.45) is 4.83. The number of ether oxygens (including phenoxy) is 1. The summed E-state index contributed by atoms with van der Waals surface area (Å²) >= 11 is 5.96. The Labute approximate surface area is 185 Å². The van der Waals surface area contributed by atoms with Crippen LogP contribution in [0.25, 0.3) is 0 Å². The van der Waals surface area contributed by atoms with Gasteiger partial charge in [-0.1, -0.05) is 43.7 Å². The number of carbonyl (C=O) groups excluding carboxylic acids is 4. The van der Waals surface area contributed by atoms with Crippen LogP contribution in [0.4, 0.5) is 5.69 Å². The Morgan fingerprint density at radius 2 is 1.77 bits per heavy atom. The summed E-state index contributed by atoms with van der Waals surface area (Å²) < 4.78 is 5.22. The highest BCUT2D eigenvalue weighted by atomic mass is 35.5.